The van der Waals surface area contributed by atoms with Crippen LogP contribution in [0.25, 0.3) is 0 Å². The number of carboxylic acid groups (broad SMARTS) is 1. The summed E-state index contributed by atoms with van der Waals surface area (Å²) in [6, 6.07) is 5.23. The second-order valence-electron chi connectivity index (χ2n) is 12.3. The number of aryl methyl sites for hydroxylation is 3. The molecule has 0 saturated heterocycles. The molecule has 2 aromatic carbocycles. The van der Waals surface area contributed by atoms with Gasteiger partial charge in [-0.1, -0.05) is 22.8 Å². The normalized spacial score (nSPS) is 20.0. The largest absolute Gasteiger partial charge is 2.00 e. The molecule has 1 aliphatic carbocycles. The molecule has 0 unspecified atom stereocenters. The molecule has 1 aliphatic heterocycles. The van der Waals surface area contributed by atoms with E-state index in [1.165, 1.54) is 11.8 Å². The minimum Gasteiger partial charge on any atom is -0.481 e. The number of alkyl halides is 6. The van der Waals surface area contributed by atoms with Gasteiger partial charge in [0.25, 0.3) is 5.95 Å². The number of benzene rings is 2. The fraction of sp³-hybridized carbons (Fsp3) is 0.548. The van der Waals surface area contributed by atoms with Crippen molar-refractivity contribution in [1.82, 2.24) is 20.2 Å². The maximum Gasteiger partial charge on any atom is 2.00 e. The van der Waals surface area contributed by atoms with Crippen LogP contribution in [0.15, 0.2) is 30.3 Å². The zero-order valence-corrected chi connectivity index (χ0v) is 31.1. The number of fused-ring (bicyclic) bond motifs is 1. The van der Waals surface area contributed by atoms with Gasteiger partial charge in [-0.25, -0.2) is 0 Å². The van der Waals surface area contributed by atoms with Gasteiger partial charge in [0.2, 0.25) is 0 Å². The Kier molecular flexibility index (Phi) is 13.8. The number of tetrazole rings is 1. The molecule has 47 heavy (non-hydrogen) atoms. The molecule has 16 heteroatoms. The van der Waals surface area contributed by atoms with E-state index in [4.69, 9.17) is 0 Å². The molecule has 0 amide bonds. The molecule has 1 atom stereocenters. The first-order chi connectivity index (χ1) is 21.1. The third-order valence-corrected chi connectivity index (χ3v) is 8.86. The van der Waals surface area contributed by atoms with Gasteiger partial charge in [-0.2, -0.15) is 31.1 Å². The average Bonchev–Trinajstić information content (AvgIpc) is 3.30. The van der Waals surface area contributed by atoms with Crippen molar-refractivity contribution < 1.29 is 36.2 Å². The van der Waals surface area contributed by atoms with Gasteiger partial charge in [-0.15, -0.1) is 5.10 Å². The maximum absolute atomic E-state index is 13.7. The number of hydrogen-bond acceptors (Lipinski definition) is 6. The first kappa shape index (κ1) is 40.1. The van der Waals surface area contributed by atoms with E-state index in [1.54, 1.807) is 4.90 Å². The molecule has 0 radical (unpaired) electrons. The summed E-state index contributed by atoms with van der Waals surface area (Å²) in [5, 5.41) is 21.8. The Bertz CT molecular complexity index is 1510. The van der Waals surface area contributed by atoms with E-state index in [0.29, 0.717) is 38.1 Å². The molecule has 3 aromatic rings. The van der Waals surface area contributed by atoms with Crippen LogP contribution in [0.5, 0.6) is 0 Å². The summed E-state index contributed by atoms with van der Waals surface area (Å²) in [4.78, 5) is 16.6. The standard InChI is InChI=1S/C31H36F6N6O2.2Ca/c1-18-11-19(2)27-25(12-18)26(5-4-10-42(27)16-20-6-8-22(9-7-20)28(44)45)43(29-38-40-41(3)39-29)17-21-13-23(30(32,33)34)15-24(14-21)31(35,36)37;;/h11-15,20,22,26H,4-10,16-17H2,1-3H3,(H,44,45);;/q;2*+2/t20?,22?,26-;;/m0../s1. The predicted molar refractivity (Wildman–Crippen MR) is 166 cm³/mol. The molecule has 1 N–H and O–H groups in total. The van der Waals surface area contributed by atoms with Gasteiger partial charge in [-0.05, 0) is 98.4 Å². The fourth-order valence-corrected chi connectivity index (χ4v) is 6.85. The number of hydrogen-bond donors (Lipinski definition) is 1. The topological polar surface area (TPSA) is 87.4 Å². The molecule has 8 nitrogen and oxygen atoms in total. The smallest absolute Gasteiger partial charge is 0.481 e. The fourth-order valence-electron chi connectivity index (χ4n) is 6.85. The van der Waals surface area contributed by atoms with Crippen molar-refractivity contribution in [2.24, 2.45) is 18.9 Å². The van der Waals surface area contributed by atoms with Crippen molar-refractivity contribution in [1.29, 1.82) is 0 Å². The number of rotatable bonds is 7. The Balaban J connectivity index is 0.00000300. The van der Waals surface area contributed by atoms with Crippen LogP contribution in [-0.2, 0) is 30.7 Å². The number of halogens is 6. The van der Waals surface area contributed by atoms with Crippen LogP contribution in [-0.4, -0.2) is 120 Å². The number of aromatic nitrogens is 4. The van der Waals surface area contributed by atoms with Crippen LogP contribution in [0.4, 0.5) is 38.0 Å². The summed E-state index contributed by atoms with van der Waals surface area (Å²) in [6.07, 6.45) is -5.87. The van der Waals surface area contributed by atoms with E-state index >= 15 is 0 Å². The molecule has 1 aromatic heterocycles. The third-order valence-electron chi connectivity index (χ3n) is 8.86. The predicted octanol–water partition coefficient (Wildman–Crippen LogP) is 6.34. The van der Waals surface area contributed by atoms with Gasteiger partial charge in [0.1, 0.15) is 0 Å². The molecule has 5 rings (SSSR count). The van der Waals surface area contributed by atoms with Gasteiger partial charge < -0.3 is 14.9 Å². The van der Waals surface area contributed by atoms with Crippen molar-refractivity contribution >= 4 is 93.1 Å². The molecule has 1 saturated carbocycles. The van der Waals surface area contributed by atoms with E-state index in [0.717, 1.165) is 53.9 Å². The third kappa shape index (κ3) is 9.68. The minimum absolute atomic E-state index is 0. The van der Waals surface area contributed by atoms with E-state index in [1.807, 2.05) is 19.9 Å². The Hall–Kier alpha value is -1.32. The number of aliphatic carboxylic acids is 1. The number of carboxylic acids is 1. The van der Waals surface area contributed by atoms with Crippen LogP contribution in [0, 0.1) is 25.7 Å². The SMILES string of the molecule is Cc1cc(C)c2c(c1)[C@@H](N(Cc1cc(C(F)(F)F)cc(C(F)(F)F)c1)c1nnn(C)n1)CCCN2CC1CCC(C(=O)O)CC1.[Ca+2].[Ca+2]. The number of nitrogens with zero attached hydrogens (tertiary/aromatic N) is 6. The summed E-state index contributed by atoms with van der Waals surface area (Å²) < 4.78 is 82.4. The molecule has 0 spiro atoms. The molecule has 2 aliphatic rings. The summed E-state index contributed by atoms with van der Waals surface area (Å²) >= 11 is 0. The van der Waals surface area contributed by atoms with E-state index < -0.39 is 35.5 Å². The van der Waals surface area contributed by atoms with Crippen LogP contribution >= 0.6 is 0 Å². The second kappa shape index (κ2) is 16.1. The summed E-state index contributed by atoms with van der Waals surface area (Å²) in [7, 11) is 1.54. The average molecular weight is 719 g/mol. The van der Waals surface area contributed by atoms with Crippen molar-refractivity contribution in [3.05, 3.63) is 63.7 Å². The minimum atomic E-state index is -4.97. The Morgan fingerprint density at radius 3 is 2.09 bits per heavy atom. The van der Waals surface area contributed by atoms with Gasteiger partial charge in [0, 0.05) is 25.3 Å². The van der Waals surface area contributed by atoms with E-state index in [9.17, 15) is 36.2 Å². The van der Waals surface area contributed by atoms with Crippen molar-refractivity contribution in [2.45, 2.75) is 77.3 Å². The van der Waals surface area contributed by atoms with Crippen molar-refractivity contribution in [3.8, 4) is 0 Å². The summed E-state index contributed by atoms with van der Waals surface area (Å²) in [5.74, 6) is -0.690. The summed E-state index contributed by atoms with van der Waals surface area (Å²) in [6.45, 7) is 5.04. The zero-order valence-electron chi connectivity index (χ0n) is 26.7. The van der Waals surface area contributed by atoms with Crippen molar-refractivity contribution in [2.75, 3.05) is 22.9 Å². The van der Waals surface area contributed by atoms with E-state index in [2.05, 4.69) is 26.4 Å². The van der Waals surface area contributed by atoms with Crippen LogP contribution < -0.4 is 9.80 Å². The number of carbonyl (C=O) groups is 1. The Morgan fingerprint density at radius 2 is 1.55 bits per heavy atom. The zero-order chi connectivity index (χ0) is 32.7. The molecular weight excluding hydrogens is 683 g/mol. The molecule has 0 bridgehead atoms. The van der Waals surface area contributed by atoms with Gasteiger partial charge in [-0.3, -0.25) is 4.79 Å². The van der Waals surface area contributed by atoms with Crippen LogP contribution in [0.2, 0.25) is 0 Å². The molecule has 2 heterocycles. The van der Waals surface area contributed by atoms with Crippen LogP contribution in [0.1, 0.15) is 77.9 Å². The van der Waals surface area contributed by atoms with Crippen molar-refractivity contribution in [3.63, 3.8) is 0 Å². The van der Waals surface area contributed by atoms with Gasteiger partial charge >= 0.3 is 93.8 Å². The maximum atomic E-state index is 13.7. The first-order valence-corrected chi connectivity index (χ1v) is 15.0. The second-order valence-corrected chi connectivity index (χ2v) is 12.3. The first-order valence-electron chi connectivity index (χ1n) is 15.0. The molecule has 244 valence electrons. The van der Waals surface area contributed by atoms with Crippen LogP contribution in [0.3, 0.4) is 0 Å². The number of anilines is 2. The Labute approximate surface area is 329 Å². The molecule has 1 fully saturated rings. The van der Waals surface area contributed by atoms with E-state index in [-0.39, 0.29) is 106 Å². The summed E-state index contributed by atoms with van der Waals surface area (Å²) in [5.41, 5.74) is 0.892. The quantitative estimate of drug-likeness (QED) is 0.226. The van der Waals surface area contributed by atoms with Gasteiger partial charge in [0.05, 0.1) is 30.1 Å². The monoisotopic (exact) mass is 718 g/mol. The Morgan fingerprint density at radius 1 is 0.936 bits per heavy atom. The molecular formula is C31H36Ca2F6N6O2+4. The van der Waals surface area contributed by atoms with Gasteiger partial charge in [0.15, 0.2) is 0 Å².